The molecule has 4 nitrogen and oxygen atoms in total. The van der Waals surface area contributed by atoms with Gasteiger partial charge in [-0.25, -0.2) is 0 Å². The zero-order valence-electron chi connectivity index (χ0n) is 15.7. The normalized spacial score (nSPS) is 15.4. The first-order chi connectivity index (χ1) is 13.3. The molecule has 1 aliphatic rings. The number of rotatable bonds is 5. The molecule has 28 heavy (non-hydrogen) atoms. The minimum absolute atomic E-state index is 0.118. The Morgan fingerprint density at radius 3 is 2.36 bits per heavy atom. The summed E-state index contributed by atoms with van der Waals surface area (Å²) < 4.78 is 39.0. The number of amides is 1. The molecule has 150 valence electrons. The Morgan fingerprint density at radius 2 is 1.71 bits per heavy atom. The predicted molar refractivity (Wildman–Crippen MR) is 106 cm³/mol. The number of alkyl halides is 3. The Bertz CT molecular complexity index is 797. The molecule has 3 rings (SSSR count). The molecule has 0 atom stereocenters. The monoisotopic (exact) mass is 391 g/mol. The van der Waals surface area contributed by atoms with Gasteiger partial charge in [0.25, 0.3) is 0 Å². The van der Waals surface area contributed by atoms with Gasteiger partial charge in [-0.2, -0.15) is 13.2 Å². The smallest absolute Gasteiger partial charge is 0.376 e. The zero-order valence-corrected chi connectivity index (χ0v) is 15.7. The van der Waals surface area contributed by atoms with Crippen molar-refractivity contribution in [2.75, 3.05) is 35.2 Å². The summed E-state index contributed by atoms with van der Waals surface area (Å²) in [5, 5.41) is 5.27. The van der Waals surface area contributed by atoms with E-state index in [4.69, 9.17) is 0 Å². The van der Waals surface area contributed by atoms with Crippen molar-refractivity contribution in [1.29, 1.82) is 0 Å². The second-order valence-electron chi connectivity index (χ2n) is 7.16. The van der Waals surface area contributed by atoms with E-state index in [2.05, 4.69) is 22.5 Å². The van der Waals surface area contributed by atoms with Crippen LogP contribution in [0.1, 0.15) is 25.3 Å². The summed E-state index contributed by atoms with van der Waals surface area (Å²) >= 11 is 0. The topological polar surface area (TPSA) is 44.4 Å². The van der Waals surface area contributed by atoms with E-state index in [-0.39, 0.29) is 12.2 Å². The van der Waals surface area contributed by atoms with Crippen LogP contribution in [-0.2, 0) is 11.0 Å². The quantitative estimate of drug-likeness (QED) is 0.755. The molecule has 0 spiro atoms. The number of carbonyl (C=O) groups is 1. The number of hydrogen-bond acceptors (Lipinski definition) is 3. The number of nitrogens with zero attached hydrogens (tertiary/aromatic N) is 1. The average molecular weight is 391 g/mol. The number of halogens is 3. The summed E-state index contributed by atoms with van der Waals surface area (Å²) in [6, 6.07) is 12.7. The minimum atomic E-state index is -4.51. The molecule has 0 aromatic heterocycles. The van der Waals surface area contributed by atoms with E-state index in [0.29, 0.717) is 0 Å². The fraction of sp³-hybridized carbons (Fsp3) is 0.381. The second kappa shape index (κ2) is 8.54. The molecular formula is C21H24F3N3O. The van der Waals surface area contributed by atoms with Crippen molar-refractivity contribution in [3.63, 3.8) is 0 Å². The van der Waals surface area contributed by atoms with E-state index >= 15 is 0 Å². The van der Waals surface area contributed by atoms with Crippen LogP contribution in [0.4, 0.5) is 30.2 Å². The maximum Gasteiger partial charge on any atom is 0.418 e. The van der Waals surface area contributed by atoms with Crippen LogP contribution in [0.25, 0.3) is 0 Å². The molecule has 2 aromatic carbocycles. The van der Waals surface area contributed by atoms with Gasteiger partial charge >= 0.3 is 6.18 Å². The first-order valence-corrected chi connectivity index (χ1v) is 9.38. The number of piperidine rings is 1. The Morgan fingerprint density at radius 1 is 1.07 bits per heavy atom. The number of para-hydroxylation sites is 1. The third-order valence-electron chi connectivity index (χ3n) is 4.98. The van der Waals surface area contributed by atoms with Gasteiger partial charge in [-0.1, -0.05) is 19.1 Å². The highest BCUT2D eigenvalue weighted by Crippen LogP contribution is 2.34. The Kier molecular flexibility index (Phi) is 6.11. The van der Waals surface area contributed by atoms with Crippen LogP contribution in [0.3, 0.4) is 0 Å². The lowest BCUT2D eigenvalue weighted by molar-refractivity contribution is -0.137. The summed E-state index contributed by atoms with van der Waals surface area (Å²) in [6.45, 7) is 4.22. The van der Waals surface area contributed by atoms with Gasteiger partial charge < -0.3 is 15.5 Å². The van der Waals surface area contributed by atoms with Crippen molar-refractivity contribution in [1.82, 2.24) is 0 Å². The predicted octanol–water partition coefficient (Wildman–Crippen LogP) is 4.99. The van der Waals surface area contributed by atoms with Crippen molar-refractivity contribution in [3.8, 4) is 0 Å². The second-order valence-corrected chi connectivity index (χ2v) is 7.16. The average Bonchev–Trinajstić information content (AvgIpc) is 2.67. The highest BCUT2D eigenvalue weighted by molar-refractivity contribution is 5.94. The standard InChI is InChI=1S/C21H24F3N3O/c1-15-10-12-27(13-11-15)17-8-6-16(7-9-17)25-14-20(28)26-19-5-3-2-4-18(19)21(22,23)24/h2-9,15,25H,10-14H2,1H3,(H,26,28). The van der Waals surface area contributed by atoms with Gasteiger partial charge in [-0.3, -0.25) is 4.79 Å². The molecule has 1 saturated heterocycles. The lowest BCUT2D eigenvalue weighted by Gasteiger charge is -2.32. The molecule has 0 radical (unpaired) electrons. The molecule has 0 aliphatic carbocycles. The van der Waals surface area contributed by atoms with E-state index in [1.807, 2.05) is 24.3 Å². The maximum absolute atomic E-state index is 13.0. The van der Waals surface area contributed by atoms with Crippen LogP contribution < -0.4 is 15.5 Å². The van der Waals surface area contributed by atoms with Gasteiger partial charge in [0.05, 0.1) is 17.8 Å². The number of benzene rings is 2. The van der Waals surface area contributed by atoms with Gasteiger partial charge in [0.1, 0.15) is 0 Å². The number of anilines is 3. The van der Waals surface area contributed by atoms with Crippen molar-refractivity contribution in [3.05, 3.63) is 54.1 Å². The Hall–Kier alpha value is -2.70. The van der Waals surface area contributed by atoms with Gasteiger partial charge in [0.15, 0.2) is 0 Å². The van der Waals surface area contributed by atoms with Crippen LogP contribution >= 0.6 is 0 Å². The fourth-order valence-corrected chi connectivity index (χ4v) is 3.27. The first-order valence-electron chi connectivity index (χ1n) is 9.38. The molecule has 0 bridgehead atoms. The Labute approximate surface area is 162 Å². The molecule has 2 N–H and O–H groups in total. The maximum atomic E-state index is 13.0. The van der Waals surface area contributed by atoms with Crippen LogP contribution in [0.2, 0.25) is 0 Å². The highest BCUT2D eigenvalue weighted by atomic mass is 19.4. The van der Waals surface area contributed by atoms with Crippen molar-refractivity contribution in [2.45, 2.75) is 25.9 Å². The third kappa shape index (κ3) is 5.18. The molecule has 2 aromatic rings. The molecule has 1 amide bonds. The fourth-order valence-electron chi connectivity index (χ4n) is 3.27. The van der Waals surface area contributed by atoms with Gasteiger partial charge in [0.2, 0.25) is 5.91 Å². The van der Waals surface area contributed by atoms with Crippen LogP contribution in [0, 0.1) is 5.92 Å². The first kappa shape index (κ1) is 20.0. The lowest BCUT2D eigenvalue weighted by atomic mass is 9.99. The minimum Gasteiger partial charge on any atom is -0.376 e. The van der Waals surface area contributed by atoms with Gasteiger partial charge in [0, 0.05) is 24.5 Å². The summed E-state index contributed by atoms with van der Waals surface area (Å²) in [4.78, 5) is 14.4. The summed E-state index contributed by atoms with van der Waals surface area (Å²) in [5.41, 5.74) is 0.786. The van der Waals surface area contributed by atoms with Crippen LogP contribution in [0.15, 0.2) is 48.5 Å². The Balaban J connectivity index is 1.54. The zero-order chi connectivity index (χ0) is 20.1. The molecule has 0 unspecified atom stereocenters. The van der Waals surface area contributed by atoms with Gasteiger partial charge in [-0.05, 0) is 55.2 Å². The van der Waals surface area contributed by atoms with Crippen molar-refractivity contribution < 1.29 is 18.0 Å². The van der Waals surface area contributed by atoms with E-state index in [1.54, 1.807) is 0 Å². The van der Waals surface area contributed by atoms with E-state index in [0.717, 1.165) is 36.4 Å². The number of hydrogen-bond donors (Lipinski definition) is 2. The lowest BCUT2D eigenvalue weighted by Crippen LogP contribution is -2.32. The number of carbonyl (C=O) groups excluding carboxylic acids is 1. The van der Waals surface area contributed by atoms with Crippen LogP contribution in [0.5, 0.6) is 0 Å². The molecular weight excluding hydrogens is 367 g/mol. The molecule has 1 heterocycles. The molecule has 1 aliphatic heterocycles. The molecule has 7 heteroatoms. The van der Waals surface area contributed by atoms with Crippen molar-refractivity contribution >= 4 is 23.0 Å². The van der Waals surface area contributed by atoms with E-state index in [9.17, 15) is 18.0 Å². The molecule has 1 fully saturated rings. The van der Waals surface area contributed by atoms with Crippen LogP contribution in [-0.4, -0.2) is 25.5 Å². The highest BCUT2D eigenvalue weighted by Gasteiger charge is 2.33. The van der Waals surface area contributed by atoms with E-state index < -0.39 is 17.6 Å². The summed E-state index contributed by atoms with van der Waals surface area (Å²) in [5.74, 6) is 0.226. The largest absolute Gasteiger partial charge is 0.418 e. The SMILES string of the molecule is CC1CCN(c2ccc(NCC(=O)Nc3ccccc3C(F)(F)F)cc2)CC1. The molecule has 0 saturated carbocycles. The summed E-state index contributed by atoms with van der Waals surface area (Å²) in [6.07, 6.45) is -2.15. The van der Waals surface area contributed by atoms with Crippen molar-refractivity contribution in [2.24, 2.45) is 5.92 Å². The summed E-state index contributed by atoms with van der Waals surface area (Å²) in [7, 11) is 0. The number of nitrogens with one attached hydrogen (secondary N) is 2. The van der Waals surface area contributed by atoms with E-state index in [1.165, 1.54) is 31.0 Å². The van der Waals surface area contributed by atoms with Gasteiger partial charge in [-0.15, -0.1) is 0 Å². The third-order valence-corrected chi connectivity index (χ3v) is 4.98.